The van der Waals surface area contributed by atoms with Crippen LogP contribution in [0.25, 0.3) is 0 Å². The van der Waals surface area contributed by atoms with Gasteiger partial charge in [-0.15, -0.1) is 0 Å². The van der Waals surface area contributed by atoms with Gasteiger partial charge in [-0.05, 0) is 37.6 Å². The molecule has 0 radical (unpaired) electrons. The summed E-state index contributed by atoms with van der Waals surface area (Å²) in [7, 11) is 0. The summed E-state index contributed by atoms with van der Waals surface area (Å²) in [6, 6.07) is 8.36. The lowest BCUT2D eigenvalue weighted by atomic mass is 10.3. The van der Waals surface area contributed by atoms with E-state index < -0.39 is 0 Å². The first-order valence-corrected chi connectivity index (χ1v) is 6.46. The van der Waals surface area contributed by atoms with Crippen molar-refractivity contribution < 1.29 is 4.79 Å². The molecule has 1 aliphatic heterocycles. The largest absolute Gasteiger partial charge is 0.335 e. The number of carbonyl (C=O) groups is 1. The Hall–Kier alpha value is -1.48. The van der Waals surface area contributed by atoms with E-state index in [1.807, 2.05) is 19.1 Å². The molecular weight excluding hydrogens is 230 g/mol. The molecule has 0 saturated carbocycles. The fraction of sp³-hybridized carbons (Fsp3) is 0.214. The van der Waals surface area contributed by atoms with Crippen molar-refractivity contribution in [1.29, 1.82) is 0 Å². The number of para-hydroxylation sites is 1. The van der Waals surface area contributed by atoms with Crippen LogP contribution in [0.15, 0.2) is 51.9 Å². The number of allylic oxidation sites excluding steroid dienone is 3. The Morgan fingerprint density at radius 3 is 2.88 bits per heavy atom. The van der Waals surface area contributed by atoms with Gasteiger partial charge in [0.2, 0.25) is 0 Å². The number of hydrogen-bond donors (Lipinski definition) is 0. The molecule has 0 aromatic heterocycles. The van der Waals surface area contributed by atoms with Gasteiger partial charge in [-0.1, -0.05) is 30.0 Å². The number of anilines is 1. The molecule has 0 unspecified atom stereocenters. The van der Waals surface area contributed by atoms with Gasteiger partial charge in [0.05, 0.1) is 10.7 Å². The molecule has 1 aliphatic rings. The van der Waals surface area contributed by atoms with E-state index in [4.69, 9.17) is 0 Å². The molecule has 2 nitrogen and oxygen atoms in total. The first-order valence-electron chi connectivity index (χ1n) is 5.64. The highest BCUT2D eigenvalue weighted by molar-refractivity contribution is 8.03. The smallest absolute Gasteiger partial charge is 0.145 e. The molecule has 0 N–H and O–H groups in total. The van der Waals surface area contributed by atoms with E-state index in [0.717, 1.165) is 18.4 Å². The number of hydrogen-bond acceptors (Lipinski definition) is 3. The molecule has 0 fully saturated rings. The van der Waals surface area contributed by atoms with Crippen molar-refractivity contribution in [3.8, 4) is 0 Å². The Balaban J connectivity index is 2.32. The molecule has 0 spiro atoms. The van der Waals surface area contributed by atoms with Crippen LogP contribution >= 0.6 is 11.8 Å². The third-order valence-corrected chi connectivity index (χ3v) is 3.76. The van der Waals surface area contributed by atoms with Crippen LogP contribution in [0.2, 0.25) is 0 Å². The van der Waals surface area contributed by atoms with E-state index >= 15 is 0 Å². The number of fused-ring (bicyclic) bond motifs is 1. The summed E-state index contributed by atoms with van der Waals surface area (Å²) in [4.78, 5) is 14.1. The summed E-state index contributed by atoms with van der Waals surface area (Å²) in [6.07, 6.45) is 4.75. The van der Waals surface area contributed by atoms with E-state index in [2.05, 4.69) is 36.1 Å². The van der Waals surface area contributed by atoms with Crippen molar-refractivity contribution in [1.82, 2.24) is 0 Å². The summed E-state index contributed by atoms with van der Waals surface area (Å²) >= 11 is 1.75. The lowest BCUT2D eigenvalue weighted by Crippen LogP contribution is -2.16. The Morgan fingerprint density at radius 2 is 2.18 bits per heavy atom. The molecule has 0 amide bonds. The van der Waals surface area contributed by atoms with Crippen LogP contribution in [0.5, 0.6) is 0 Å². The molecule has 17 heavy (non-hydrogen) atoms. The van der Waals surface area contributed by atoms with Crippen LogP contribution in [0, 0.1) is 0 Å². The zero-order chi connectivity index (χ0) is 12.3. The molecule has 88 valence electrons. The number of nitrogens with zero attached hydrogens (tertiary/aromatic N) is 1. The fourth-order valence-electron chi connectivity index (χ4n) is 1.75. The second kappa shape index (κ2) is 5.23. The number of carbonyl (C=O) groups excluding carboxylic acids is 1. The average molecular weight is 245 g/mol. The summed E-state index contributed by atoms with van der Waals surface area (Å²) < 4.78 is 0. The van der Waals surface area contributed by atoms with E-state index in [1.54, 1.807) is 11.8 Å². The second-order valence-electron chi connectivity index (χ2n) is 3.85. The van der Waals surface area contributed by atoms with Crippen LogP contribution in [0.3, 0.4) is 0 Å². The van der Waals surface area contributed by atoms with E-state index in [9.17, 15) is 4.79 Å². The maximum Gasteiger partial charge on any atom is 0.145 e. The van der Waals surface area contributed by atoms with Crippen LogP contribution in [0.4, 0.5) is 5.69 Å². The first kappa shape index (κ1) is 12.0. The van der Waals surface area contributed by atoms with Gasteiger partial charge in [0, 0.05) is 11.4 Å². The van der Waals surface area contributed by atoms with Crippen LogP contribution in [-0.2, 0) is 4.79 Å². The van der Waals surface area contributed by atoms with Crippen molar-refractivity contribution in [2.45, 2.75) is 18.7 Å². The normalized spacial score (nSPS) is 17.4. The van der Waals surface area contributed by atoms with Gasteiger partial charge in [0.1, 0.15) is 6.29 Å². The maximum atomic E-state index is 10.6. The van der Waals surface area contributed by atoms with E-state index in [-0.39, 0.29) is 0 Å². The molecule has 1 aromatic carbocycles. The first-order chi connectivity index (χ1) is 8.26. The highest BCUT2D eigenvalue weighted by Gasteiger charge is 2.22. The lowest BCUT2D eigenvalue weighted by molar-refractivity contribution is -0.104. The lowest BCUT2D eigenvalue weighted by Gasteiger charge is -2.17. The van der Waals surface area contributed by atoms with Crippen LogP contribution in [-0.4, -0.2) is 12.8 Å². The fourth-order valence-corrected chi connectivity index (χ4v) is 2.87. The van der Waals surface area contributed by atoms with Gasteiger partial charge in [0.25, 0.3) is 0 Å². The van der Waals surface area contributed by atoms with Crippen molar-refractivity contribution in [2.24, 2.45) is 0 Å². The summed E-state index contributed by atoms with van der Waals surface area (Å²) in [6.45, 7) is 4.88. The molecule has 0 saturated heterocycles. The Labute approximate surface area is 106 Å². The highest BCUT2D eigenvalue weighted by Crippen LogP contribution is 2.45. The molecule has 1 heterocycles. The predicted molar refractivity (Wildman–Crippen MR) is 73.2 cm³/mol. The summed E-state index contributed by atoms with van der Waals surface area (Å²) in [5.74, 6) is 0. The number of thioether (sulfide) groups is 1. The van der Waals surface area contributed by atoms with Gasteiger partial charge in [-0.25, -0.2) is 0 Å². The monoisotopic (exact) mass is 245 g/mol. The van der Waals surface area contributed by atoms with Gasteiger partial charge < -0.3 is 4.90 Å². The van der Waals surface area contributed by atoms with Crippen molar-refractivity contribution in [3.63, 3.8) is 0 Å². The Bertz CT molecular complexity index is 491. The zero-order valence-electron chi connectivity index (χ0n) is 10.0. The van der Waals surface area contributed by atoms with E-state index in [0.29, 0.717) is 0 Å². The minimum atomic E-state index is 0.741. The Morgan fingerprint density at radius 1 is 1.41 bits per heavy atom. The average Bonchev–Trinajstić information content (AvgIpc) is 2.73. The molecule has 1 aromatic rings. The minimum Gasteiger partial charge on any atom is -0.335 e. The standard InChI is InChI=1S/C14H15NOS/c1-3-15-12-6-4-5-7-13(12)17-14(15)9-8-11(2)10-16/h4-10H,3H2,1-2H3/b11-8+,14-9+. The molecule has 0 atom stereocenters. The molecule has 0 aliphatic carbocycles. The maximum absolute atomic E-state index is 10.6. The van der Waals surface area contributed by atoms with Gasteiger partial charge in [-0.2, -0.15) is 0 Å². The van der Waals surface area contributed by atoms with Crippen LogP contribution < -0.4 is 4.90 Å². The predicted octanol–water partition coefficient (Wildman–Crippen LogP) is 3.61. The SMILES string of the molecule is CCN1/C(=C\C=C(/C)C=O)Sc2ccccc21. The Kier molecular flexibility index (Phi) is 3.69. The third kappa shape index (κ3) is 2.44. The topological polar surface area (TPSA) is 20.3 Å². The third-order valence-electron chi connectivity index (χ3n) is 2.63. The zero-order valence-corrected chi connectivity index (χ0v) is 10.8. The van der Waals surface area contributed by atoms with E-state index in [1.165, 1.54) is 15.6 Å². The van der Waals surface area contributed by atoms with Gasteiger partial charge in [0.15, 0.2) is 0 Å². The molecule has 0 bridgehead atoms. The van der Waals surface area contributed by atoms with Gasteiger partial charge in [-0.3, -0.25) is 4.79 Å². The van der Waals surface area contributed by atoms with Gasteiger partial charge >= 0.3 is 0 Å². The summed E-state index contributed by atoms with van der Waals surface area (Å²) in [5.41, 5.74) is 1.99. The molecular formula is C14H15NOS. The molecule has 2 rings (SSSR count). The minimum absolute atomic E-state index is 0.741. The number of aldehydes is 1. The second-order valence-corrected chi connectivity index (χ2v) is 4.91. The van der Waals surface area contributed by atoms with Crippen molar-refractivity contribution in [3.05, 3.63) is 47.0 Å². The van der Waals surface area contributed by atoms with Crippen molar-refractivity contribution in [2.75, 3.05) is 11.4 Å². The highest BCUT2D eigenvalue weighted by atomic mass is 32.2. The van der Waals surface area contributed by atoms with Crippen LogP contribution in [0.1, 0.15) is 13.8 Å². The number of benzene rings is 1. The summed E-state index contributed by atoms with van der Waals surface area (Å²) in [5, 5.41) is 1.18. The van der Waals surface area contributed by atoms with Crippen molar-refractivity contribution >= 4 is 23.7 Å². The quantitative estimate of drug-likeness (QED) is 0.599. The molecule has 3 heteroatoms. The number of rotatable bonds is 3.